The van der Waals surface area contributed by atoms with E-state index in [0.29, 0.717) is 0 Å². The number of fused-ring (bicyclic) bond motifs is 1. The first-order chi connectivity index (χ1) is 9.22. The monoisotopic (exact) mass is 255 g/mol. The van der Waals surface area contributed by atoms with Crippen LogP contribution in [0.15, 0.2) is 30.3 Å². The Morgan fingerprint density at radius 1 is 1.32 bits per heavy atom. The summed E-state index contributed by atoms with van der Waals surface area (Å²) in [5.41, 5.74) is 9.86. The maximum absolute atomic E-state index is 5.75. The number of pyridine rings is 1. The zero-order valence-corrected chi connectivity index (χ0v) is 10.9. The molecule has 0 aliphatic carbocycles. The number of aryl methyl sites for hydroxylation is 1. The molecule has 0 spiro atoms. The predicted octanol–water partition coefficient (Wildman–Crippen LogP) is 2.52. The third-order valence-electron chi connectivity index (χ3n) is 3.35. The topological polar surface area (TPSA) is 60.2 Å². The van der Waals surface area contributed by atoms with Gasteiger partial charge in [-0.1, -0.05) is 12.1 Å². The van der Waals surface area contributed by atoms with E-state index in [1.54, 1.807) is 0 Å². The van der Waals surface area contributed by atoms with Gasteiger partial charge in [-0.2, -0.15) is 0 Å². The van der Waals surface area contributed by atoms with Crippen molar-refractivity contribution in [3.8, 4) is 5.75 Å². The summed E-state index contributed by atoms with van der Waals surface area (Å²) >= 11 is 0. The van der Waals surface area contributed by atoms with Gasteiger partial charge in [-0.25, -0.2) is 4.98 Å². The van der Waals surface area contributed by atoms with E-state index in [4.69, 9.17) is 10.5 Å². The molecular formula is C15H17N3O. The van der Waals surface area contributed by atoms with Crippen LogP contribution < -0.4 is 15.8 Å². The molecule has 19 heavy (non-hydrogen) atoms. The molecule has 1 aromatic heterocycles. The molecule has 4 heteroatoms. The number of rotatable bonds is 3. The lowest BCUT2D eigenvalue weighted by atomic mass is 10.1. The van der Waals surface area contributed by atoms with Crippen LogP contribution in [0.3, 0.4) is 0 Å². The van der Waals surface area contributed by atoms with Crippen molar-refractivity contribution in [1.82, 2.24) is 4.98 Å². The van der Waals surface area contributed by atoms with Crippen molar-refractivity contribution in [2.24, 2.45) is 0 Å². The third kappa shape index (κ3) is 2.47. The van der Waals surface area contributed by atoms with Gasteiger partial charge in [-0.3, -0.25) is 0 Å². The van der Waals surface area contributed by atoms with Crippen molar-refractivity contribution in [3.05, 3.63) is 47.2 Å². The van der Waals surface area contributed by atoms with Gasteiger partial charge in [0.15, 0.2) is 0 Å². The molecule has 4 nitrogen and oxygen atoms in total. The van der Waals surface area contributed by atoms with Crippen molar-refractivity contribution in [2.45, 2.75) is 19.9 Å². The number of anilines is 2. The fraction of sp³-hybridized carbons (Fsp3) is 0.267. The van der Waals surface area contributed by atoms with Gasteiger partial charge in [0.25, 0.3) is 0 Å². The number of nitrogens with two attached hydrogens (primary N) is 1. The molecule has 1 aromatic carbocycles. The van der Waals surface area contributed by atoms with Gasteiger partial charge in [0.2, 0.25) is 0 Å². The first kappa shape index (κ1) is 11.8. The van der Waals surface area contributed by atoms with Crippen LogP contribution in [0.4, 0.5) is 11.5 Å². The Kier molecular flexibility index (Phi) is 2.99. The van der Waals surface area contributed by atoms with Crippen LogP contribution >= 0.6 is 0 Å². The minimum atomic E-state index is 0.722. The molecule has 0 atom stereocenters. The largest absolute Gasteiger partial charge is 0.493 e. The Bertz CT molecular complexity index is 610. The molecular weight excluding hydrogens is 238 g/mol. The van der Waals surface area contributed by atoms with Crippen LogP contribution in [0.2, 0.25) is 0 Å². The number of nitrogen functional groups attached to an aromatic ring is 1. The highest BCUT2D eigenvalue weighted by Gasteiger charge is 2.11. The SMILES string of the molecule is Cc1nc(NCc2ccc3c(c2)CCO3)ccc1N. The quantitative estimate of drug-likeness (QED) is 0.884. The summed E-state index contributed by atoms with van der Waals surface area (Å²) < 4.78 is 5.50. The van der Waals surface area contributed by atoms with Crippen LogP contribution in [0.1, 0.15) is 16.8 Å². The summed E-state index contributed by atoms with van der Waals surface area (Å²) in [4.78, 5) is 4.40. The predicted molar refractivity (Wildman–Crippen MR) is 76.4 cm³/mol. The van der Waals surface area contributed by atoms with E-state index in [9.17, 15) is 0 Å². The van der Waals surface area contributed by atoms with E-state index in [1.165, 1.54) is 11.1 Å². The molecule has 1 aliphatic rings. The summed E-state index contributed by atoms with van der Waals surface area (Å²) in [6, 6.07) is 10.1. The molecule has 2 heterocycles. The molecule has 0 unspecified atom stereocenters. The molecule has 2 aromatic rings. The van der Waals surface area contributed by atoms with Crippen LogP contribution in [0, 0.1) is 6.92 Å². The van der Waals surface area contributed by atoms with Gasteiger partial charge < -0.3 is 15.8 Å². The lowest BCUT2D eigenvalue weighted by Crippen LogP contribution is -2.03. The second-order valence-corrected chi connectivity index (χ2v) is 4.77. The maximum Gasteiger partial charge on any atom is 0.126 e. The molecule has 3 rings (SSSR count). The van der Waals surface area contributed by atoms with Gasteiger partial charge in [0, 0.05) is 13.0 Å². The summed E-state index contributed by atoms with van der Waals surface area (Å²) in [7, 11) is 0. The highest BCUT2D eigenvalue weighted by molar-refractivity contribution is 5.49. The number of aromatic nitrogens is 1. The van der Waals surface area contributed by atoms with E-state index >= 15 is 0 Å². The van der Waals surface area contributed by atoms with Gasteiger partial charge in [-0.15, -0.1) is 0 Å². The normalized spacial score (nSPS) is 12.9. The molecule has 0 radical (unpaired) electrons. The summed E-state index contributed by atoms with van der Waals surface area (Å²) in [5.74, 6) is 1.87. The van der Waals surface area contributed by atoms with Crippen molar-refractivity contribution in [1.29, 1.82) is 0 Å². The Labute approximate surface area is 112 Å². The van der Waals surface area contributed by atoms with E-state index in [2.05, 4.69) is 22.4 Å². The minimum absolute atomic E-state index is 0.722. The molecule has 0 saturated carbocycles. The highest BCUT2D eigenvalue weighted by Crippen LogP contribution is 2.26. The van der Waals surface area contributed by atoms with Crippen LogP contribution in [-0.2, 0) is 13.0 Å². The standard InChI is InChI=1S/C15H17N3O/c1-10-13(16)3-5-15(18-10)17-9-11-2-4-14-12(8-11)6-7-19-14/h2-5,8H,6-7,9,16H2,1H3,(H,17,18). The first-order valence-electron chi connectivity index (χ1n) is 6.44. The Balaban J connectivity index is 1.70. The number of nitrogens with one attached hydrogen (secondary N) is 1. The molecule has 3 N–H and O–H groups in total. The number of ether oxygens (including phenoxy) is 1. The fourth-order valence-corrected chi connectivity index (χ4v) is 2.21. The Morgan fingerprint density at radius 2 is 2.21 bits per heavy atom. The number of hydrogen-bond acceptors (Lipinski definition) is 4. The van der Waals surface area contributed by atoms with Crippen molar-refractivity contribution in [3.63, 3.8) is 0 Å². The summed E-state index contributed by atoms with van der Waals surface area (Å²) in [6.07, 6.45) is 1.00. The van der Waals surface area contributed by atoms with Crippen molar-refractivity contribution >= 4 is 11.5 Å². The summed E-state index contributed by atoms with van der Waals surface area (Å²) in [6.45, 7) is 3.46. The fourth-order valence-electron chi connectivity index (χ4n) is 2.21. The average molecular weight is 255 g/mol. The zero-order valence-electron chi connectivity index (χ0n) is 10.9. The molecule has 0 amide bonds. The molecule has 0 fully saturated rings. The zero-order chi connectivity index (χ0) is 13.2. The number of nitrogens with zero attached hydrogens (tertiary/aromatic N) is 1. The van der Waals surface area contributed by atoms with Gasteiger partial charge in [-0.05, 0) is 36.2 Å². The summed E-state index contributed by atoms with van der Waals surface area (Å²) in [5, 5.41) is 3.31. The molecule has 1 aliphatic heterocycles. The Morgan fingerprint density at radius 3 is 3.05 bits per heavy atom. The van der Waals surface area contributed by atoms with Crippen LogP contribution in [-0.4, -0.2) is 11.6 Å². The van der Waals surface area contributed by atoms with Crippen molar-refractivity contribution in [2.75, 3.05) is 17.7 Å². The highest BCUT2D eigenvalue weighted by atomic mass is 16.5. The van der Waals surface area contributed by atoms with Crippen LogP contribution in [0.5, 0.6) is 5.75 Å². The van der Waals surface area contributed by atoms with Gasteiger partial charge in [0.05, 0.1) is 18.0 Å². The smallest absolute Gasteiger partial charge is 0.126 e. The lowest BCUT2D eigenvalue weighted by Gasteiger charge is -2.08. The van der Waals surface area contributed by atoms with Gasteiger partial charge >= 0.3 is 0 Å². The van der Waals surface area contributed by atoms with E-state index in [-0.39, 0.29) is 0 Å². The maximum atomic E-state index is 5.75. The lowest BCUT2D eigenvalue weighted by molar-refractivity contribution is 0.357. The third-order valence-corrected chi connectivity index (χ3v) is 3.35. The first-order valence-corrected chi connectivity index (χ1v) is 6.44. The number of benzene rings is 1. The van der Waals surface area contributed by atoms with Gasteiger partial charge in [0.1, 0.15) is 11.6 Å². The van der Waals surface area contributed by atoms with E-state index in [0.717, 1.165) is 42.5 Å². The average Bonchev–Trinajstić information content (AvgIpc) is 2.87. The molecule has 0 bridgehead atoms. The van der Waals surface area contributed by atoms with Crippen LogP contribution in [0.25, 0.3) is 0 Å². The molecule has 98 valence electrons. The second-order valence-electron chi connectivity index (χ2n) is 4.77. The minimum Gasteiger partial charge on any atom is -0.493 e. The molecule has 0 saturated heterocycles. The number of hydrogen-bond donors (Lipinski definition) is 2. The van der Waals surface area contributed by atoms with Crippen molar-refractivity contribution < 1.29 is 4.74 Å². The second kappa shape index (κ2) is 4.80. The van der Waals surface area contributed by atoms with E-state index < -0.39 is 0 Å². The van der Waals surface area contributed by atoms with E-state index in [1.807, 2.05) is 25.1 Å². The Hall–Kier alpha value is -2.23.